The third kappa shape index (κ3) is 4.20. The molecule has 0 aromatic heterocycles. The lowest BCUT2D eigenvalue weighted by Crippen LogP contribution is -2.14. The molecule has 0 unspecified atom stereocenters. The summed E-state index contributed by atoms with van der Waals surface area (Å²) in [7, 11) is -4.19. The van der Waals surface area contributed by atoms with Crippen molar-refractivity contribution in [1.82, 2.24) is 0 Å². The predicted molar refractivity (Wildman–Crippen MR) is 93.3 cm³/mol. The van der Waals surface area contributed by atoms with E-state index >= 15 is 0 Å². The normalized spacial score (nSPS) is 11.8. The number of carboxylic acid groups (broad SMARTS) is 2. The predicted octanol–water partition coefficient (Wildman–Crippen LogP) is 3.15. The average Bonchev–Trinajstić information content (AvgIpc) is 2.53. The van der Waals surface area contributed by atoms with E-state index in [2.05, 4.69) is 0 Å². The molecule has 0 aliphatic rings. The first kappa shape index (κ1) is 19.5. The van der Waals surface area contributed by atoms with Crippen LogP contribution in [0.4, 0.5) is 0 Å². The van der Waals surface area contributed by atoms with Gasteiger partial charge in [-0.3, -0.25) is 0 Å². The maximum absolute atomic E-state index is 12.4. The molecule has 0 fully saturated rings. The molecule has 0 spiro atoms. The van der Waals surface area contributed by atoms with Crippen molar-refractivity contribution < 1.29 is 32.4 Å². The highest BCUT2D eigenvalue weighted by molar-refractivity contribution is 7.87. The minimum Gasteiger partial charge on any atom is -0.478 e. The molecule has 8 heteroatoms. The summed E-state index contributed by atoms with van der Waals surface area (Å²) >= 11 is 0. The van der Waals surface area contributed by atoms with E-state index in [-0.39, 0.29) is 16.1 Å². The highest BCUT2D eigenvalue weighted by Gasteiger charge is 2.22. The number of carboxylic acids is 2. The van der Waals surface area contributed by atoms with Crippen LogP contribution in [0.5, 0.6) is 5.75 Å². The lowest BCUT2D eigenvalue weighted by molar-refractivity contribution is 0.0651. The third-order valence-corrected chi connectivity index (χ3v) is 4.93. The van der Waals surface area contributed by atoms with Crippen molar-refractivity contribution in [1.29, 1.82) is 0 Å². The van der Waals surface area contributed by atoms with E-state index in [4.69, 9.17) is 14.4 Å². The summed E-state index contributed by atoms with van der Waals surface area (Å²) in [6, 6.07) is 9.10. The Bertz CT molecular complexity index is 952. The largest absolute Gasteiger partial charge is 0.478 e. The quantitative estimate of drug-likeness (QED) is 0.767. The van der Waals surface area contributed by atoms with Gasteiger partial charge >= 0.3 is 22.1 Å². The molecule has 0 heterocycles. The standard InChI is InChI=1S/C18H18O7S/c1-18(2,3)11-4-7-13(8-5-11)26(23,24)25-12-6-9-14(16(19)20)15(10-12)17(21)22/h4-10H,1-3H3,(H,19,20)(H,21,22). The fourth-order valence-electron chi connectivity index (χ4n) is 2.24. The smallest absolute Gasteiger partial charge is 0.339 e. The van der Waals surface area contributed by atoms with E-state index in [0.717, 1.165) is 23.8 Å². The Morgan fingerprint density at radius 3 is 1.88 bits per heavy atom. The molecule has 2 aromatic rings. The molecule has 0 radical (unpaired) electrons. The van der Waals surface area contributed by atoms with Crippen LogP contribution < -0.4 is 4.18 Å². The molecule has 138 valence electrons. The molecule has 2 aromatic carbocycles. The first-order valence-electron chi connectivity index (χ1n) is 7.57. The van der Waals surface area contributed by atoms with Crippen molar-refractivity contribution in [2.45, 2.75) is 31.1 Å². The Labute approximate surface area is 151 Å². The van der Waals surface area contributed by atoms with Gasteiger partial charge in [0.05, 0.1) is 11.1 Å². The lowest BCUT2D eigenvalue weighted by Gasteiger charge is -2.19. The van der Waals surface area contributed by atoms with Crippen LogP contribution in [-0.4, -0.2) is 30.6 Å². The Kier molecular flexibility index (Phi) is 5.09. The summed E-state index contributed by atoms with van der Waals surface area (Å²) in [4.78, 5) is 22.1. The zero-order valence-electron chi connectivity index (χ0n) is 14.4. The van der Waals surface area contributed by atoms with E-state index < -0.39 is 33.2 Å². The molecule has 0 bridgehead atoms. The van der Waals surface area contributed by atoms with Gasteiger partial charge in [-0.05, 0) is 41.3 Å². The molecule has 0 aliphatic carbocycles. The molecule has 26 heavy (non-hydrogen) atoms. The Morgan fingerprint density at radius 1 is 0.885 bits per heavy atom. The van der Waals surface area contributed by atoms with Gasteiger partial charge in [0, 0.05) is 0 Å². The number of carbonyl (C=O) groups is 2. The first-order valence-corrected chi connectivity index (χ1v) is 8.98. The molecular formula is C18H18O7S. The van der Waals surface area contributed by atoms with E-state index in [0.29, 0.717) is 0 Å². The molecule has 2 N–H and O–H groups in total. The molecule has 2 rings (SSSR count). The second-order valence-corrected chi connectivity index (χ2v) is 8.18. The zero-order chi connectivity index (χ0) is 19.7. The van der Waals surface area contributed by atoms with Crippen LogP contribution in [-0.2, 0) is 15.5 Å². The van der Waals surface area contributed by atoms with Crippen molar-refractivity contribution in [3.05, 3.63) is 59.2 Å². The Balaban J connectivity index is 2.36. The fourth-order valence-corrected chi connectivity index (χ4v) is 3.16. The van der Waals surface area contributed by atoms with Gasteiger partial charge in [-0.25, -0.2) is 9.59 Å². The molecule has 0 saturated carbocycles. The van der Waals surface area contributed by atoms with Crippen LogP contribution in [0.15, 0.2) is 47.4 Å². The van der Waals surface area contributed by atoms with Crippen LogP contribution in [0.3, 0.4) is 0 Å². The number of hydrogen-bond donors (Lipinski definition) is 2. The van der Waals surface area contributed by atoms with Gasteiger partial charge in [0.1, 0.15) is 10.6 Å². The van der Waals surface area contributed by atoms with Crippen molar-refractivity contribution in [2.75, 3.05) is 0 Å². The number of aromatic carboxylic acids is 2. The second kappa shape index (κ2) is 6.80. The van der Waals surface area contributed by atoms with Crippen molar-refractivity contribution >= 4 is 22.1 Å². The Morgan fingerprint density at radius 2 is 1.42 bits per heavy atom. The van der Waals surface area contributed by atoms with Crippen LogP contribution >= 0.6 is 0 Å². The number of rotatable bonds is 5. The monoisotopic (exact) mass is 378 g/mol. The van der Waals surface area contributed by atoms with E-state index in [1.54, 1.807) is 12.1 Å². The summed E-state index contributed by atoms with van der Waals surface area (Å²) in [6.45, 7) is 5.97. The van der Waals surface area contributed by atoms with Gasteiger partial charge in [0.2, 0.25) is 0 Å². The summed E-state index contributed by atoms with van der Waals surface area (Å²) in [6.07, 6.45) is 0. The maximum Gasteiger partial charge on any atom is 0.339 e. The van der Waals surface area contributed by atoms with Crippen molar-refractivity contribution in [2.24, 2.45) is 0 Å². The fraction of sp³-hybridized carbons (Fsp3) is 0.222. The SMILES string of the molecule is CC(C)(C)c1ccc(S(=O)(=O)Oc2ccc(C(=O)O)c(C(=O)O)c2)cc1. The van der Waals surface area contributed by atoms with Gasteiger partial charge in [-0.15, -0.1) is 0 Å². The second-order valence-electron chi connectivity index (χ2n) is 6.63. The average molecular weight is 378 g/mol. The molecular weight excluding hydrogens is 360 g/mol. The highest BCUT2D eigenvalue weighted by atomic mass is 32.2. The lowest BCUT2D eigenvalue weighted by atomic mass is 9.87. The molecule has 7 nitrogen and oxygen atoms in total. The van der Waals surface area contributed by atoms with Crippen LogP contribution in [0, 0.1) is 0 Å². The van der Waals surface area contributed by atoms with E-state index in [1.807, 2.05) is 20.8 Å². The minimum atomic E-state index is -4.19. The highest BCUT2D eigenvalue weighted by Crippen LogP contribution is 2.26. The van der Waals surface area contributed by atoms with Gasteiger partial charge in [-0.2, -0.15) is 8.42 Å². The summed E-state index contributed by atoms with van der Waals surface area (Å²) in [5.41, 5.74) is -0.230. The molecule has 0 saturated heterocycles. The number of benzene rings is 2. The topological polar surface area (TPSA) is 118 Å². The van der Waals surface area contributed by atoms with Crippen molar-refractivity contribution in [3.63, 3.8) is 0 Å². The van der Waals surface area contributed by atoms with Crippen molar-refractivity contribution in [3.8, 4) is 5.75 Å². The van der Waals surface area contributed by atoms with Gasteiger partial charge in [0.25, 0.3) is 0 Å². The first-order chi connectivity index (χ1) is 11.9. The summed E-state index contributed by atoms with van der Waals surface area (Å²) < 4.78 is 29.7. The van der Waals surface area contributed by atoms with Crippen LogP contribution in [0.2, 0.25) is 0 Å². The van der Waals surface area contributed by atoms with Gasteiger partial charge in [0.15, 0.2) is 0 Å². The van der Waals surface area contributed by atoms with Crippen LogP contribution in [0.25, 0.3) is 0 Å². The van der Waals surface area contributed by atoms with Gasteiger partial charge in [-0.1, -0.05) is 32.9 Å². The van der Waals surface area contributed by atoms with E-state index in [1.165, 1.54) is 12.1 Å². The van der Waals surface area contributed by atoms with Gasteiger partial charge < -0.3 is 14.4 Å². The molecule has 0 atom stereocenters. The molecule has 0 amide bonds. The van der Waals surface area contributed by atoms with E-state index in [9.17, 15) is 18.0 Å². The minimum absolute atomic E-state index is 0.0929. The van der Waals surface area contributed by atoms with Crippen LogP contribution in [0.1, 0.15) is 47.1 Å². The molecule has 0 aliphatic heterocycles. The Hall–Kier alpha value is -2.87. The summed E-state index contributed by atoms with van der Waals surface area (Å²) in [5, 5.41) is 18.1. The third-order valence-electron chi connectivity index (χ3n) is 3.67. The summed E-state index contributed by atoms with van der Waals surface area (Å²) in [5.74, 6) is -3.22. The number of hydrogen-bond acceptors (Lipinski definition) is 5. The maximum atomic E-state index is 12.4. The zero-order valence-corrected chi connectivity index (χ0v) is 15.2.